The van der Waals surface area contributed by atoms with Crippen molar-refractivity contribution >= 4 is 33.7 Å². The van der Waals surface area contributed by atoms with Crippen LogP contribution in [0.25, 0.3) is 5.78 Å². The van der Waals surface area contributed by atoms with Crippen LogP contribution in [0.5, 0.6) is 0 Å². The summed E-state index contributed by atoms with van der Waals surface area (Å²) in [4.78, 5) is 23.5. The Morgan fingerprint density at radius 2 is 1.73 bits per heavy atom. The van der Waals surface area contributed by atoms with E-state index < -0.39 is 10.2 Å². The fourth-order valence-corrected chi connectivity index (χ4v) is 5.62. The largest absolute Gasteiger partial charge is 0.340 e. The number of rotatable bonds is 7. The molecule has 3 rings (SSSR count). The number of nitrogens with zero attached hydrogens (tertiary/aromatic N) is 7. The number of hydrogen-bond donors (Lipinski definition) is 0. The van der Waals surface area contributed by atoms with E-state index in [9.17, 15) is 13.2 Å². The average Bonchev–Trinajstić information content (AvgIpc) is 3.15. The molecule has 1 saturated heterocycles. The third-order valence-electron chi connectivity index (χ3n) is 5.49. The number of piperazine rings is 1. The zero-order valence-corrected chi connectivity index (χ0v) is 19.8. The molecule has 0 spiro atoms. The summed E-state index contributed by atoms with van der Waals surface area (Å²) in [5.74, 6) is 0.494. The van der Waals surface area contributed by atoms with Crippen molar-refractivity contribution in [3.05, 3.63) is 17.0 Å². The lowest BCUT2D eigenvalue weighted by Crippen LogP contribution is -2.54. The molecule has 1 aliphatic heterocycles. The predicted molar refractivity (Wildman–Crippen MR) is 116 cm³/mol. The zero-order valence-electron chi connectivity index (χ0n) is 18.1. The molecule has 1 aliphatic rings. The molecular weight excluding hydrogens is 426 g/mol. The second-order valence-corrected chi connectivity index (χ2v) is 9.82. The quantitative estimate of drug-likeness (QED) is 0.567. The number of aromatic nitrogens is 4. The Balaban J connectivity index is 1.71. The lowest BCUT2D eigenvalue weighted by molar-refractivity contribution is -0.131. The summed E-state index contributed by atoms with van der Waals surface area (Å²) in [6, 6.07) is 0. The molecule has 0 aromatic carbocycles. The number of thioether (sulfide) groups is 1. The zero-order chi connectivity index (χ0) is 22.1. The van der Waals surface area contributed by atoms with E-state index in [1.165, 1.54) is 20.4 Å². The minimum absolute atomic E-state index is 0.0348. The van der Waals surface area contributed by atoms with Gasteiger partial charge in [-0.1, -0.05) is 25.6 Å². The van der Waals surface area contributed by atoms with Crippen molar-refractivity contribution in [2.45, 2.75) is 39.3 Å². The summed E-state index contributed by atoms with van der Waals surface area (Å²) < 4.78 is 29.9. The van der Waals surface area contributed by atoms with Crippen LogP contribution in [0.3, 0.4) is 0 Å². The van der Waals surface area contributed by atoms with E-state index in [1.807, 2.05) is 34.0 Å². The lowest BCUT2D eigenvalue weighted by atomic mass is 10.1. The molecule has 3 heterocycles. The second-order valence-electron chi connectivity index (χ2n) is 7.12. The first-order chi connectivity index (χ1) is 14.2. The van der Waals surface area contributed by atoms with Crippen LogP contribution in [0.2, 0.25) is 0 Å². The Hall–Kier alpha value is -1.76. The van der Waals surface area contributed by atoms with Crippen LogP contribution >= 0.6 is 11.8 Å². The van der Waals surface area contributed by atoms with Crippen LogP contribution in [-0.2, 0) is 21.4 Å². The van der Waals surface area contributed by atoms with Crippen molar-refractivity contribution < 1.29 is 13.2 Å². The highest BCUT2D eigenvalue weighted by Gasteiger charge is 2.32. The summed E-state index contributed by atoms with van der Waals surface area (Å²) in [6.07, 6.45) is 2.11. The summed E-state index contributed by atoms with van der Waals surface area (Å²) >= 11 is 1.44. The van der Waals surface area contributed by atoms with Gasteiger partial charge in [0.15, 0.2) is 0 Å². The van der Waals surface area contributed by atoms with Gasteiger partial charge in [-0.15, -0.1) is 5.10 Å². The highest BCUT2D eigenvalue weighted by molar-refractivity contribution is 7.98. The van der Waals surface area contributed by atoms with Gasteiger partial charge in [0.2, 0.25) is 11.1 Å². The highest BCUT2D eigenvalue weighted by atomic mass is 32.2. The molecule has 0 saturated carbocycles. The van der Waals surface area contributed by atoms with Gasteiger partial charge in [-0.05, 0) is 20.1 Å². The fourth-order valence-electron chi connectivity index (χ4n) is 3.68. The van der Waals surface area contributed by atoms with E-state index in [4.69, 9.17) is 0 Å². The summed E-state index contributed by atoms with van der Waals surface area (Å²) in [5, 5.41) is 5.06. The predicted octanol–water partition coefficient (Wildman–Crippen LogP) is 0.736. The van der Waals surface area contributed by atoms with Crippen LogP contribution in [-0.4, -0.2) is 92.9 Å². The van der Waals surface area contributed by atoms with Gasteiger partial charge in [-0.2, -0.15) is 22.0 Å². The topological polar surface area (TPSA) is 104 Å². The second kappa shape index (κ2) is 9.16. The highest BCUT2D eigenvalue weighted by Crippen LogP contribution is 2.19. The van der Waals surface area contributed by atoms with E-state index >= 15 is 0 Å². The Morgan fingerprint density at radius 3 is 2.30 bits per heavy atom. The monoisotopic (exact) mass is 455 g/mol. The summed E-state index contributed by atoms with van der Waals surface area (Å²) in [7, 11) is -3.47. The van der Waals surface area contributed by atoms with Gasteiger partial charge < -0.3 is 4.90 Å². The van der Waals surface area contributed by atoms with E-state index in [0.29, 0.717) is 50.2 Å². The van der Waals surface area contributed by atoms with Gasteiger partial charge >= 0.3 is 0 Å². The molecule has 30 heavy (non-hydrogen) atoms. The van der Waals surface area contributed by atoms with Crippen molar-refractivity contribution in [1.29, 1.82) is 0 Å². The molecule has 166 valence electrons. The molecule has 0 aliphatic carbocycles. The first kappa shape index (κ1) is 22.9. The molecule has 0 unspecified atom stereocenters. The van der Waals surface area contributed by atoms with Gasteiger partial charge in [-0.25, -0.2) is 9.50 Å². The fraction of sp³-hybridized carbons (Fsp3) is 0.667. The van der Waals surface area contributed by atoms with Crippen LogP contribution < -0.4 is 0 Å². The van der Waals surface area contributed by atoms with Gasteiger partial charge in [0, 0.05) is 56.2 Å². The van der Waals surface area contributed by atoms with Crippen LogP contribution in [0, 0.1) is 13.8 Å². The van der Waals surface area contributed by atoms with Crippen LogP contribution in [0.4, 0.5) is 0 Å². The molecule has 0 radical (unpaired) electrons. The number of aryl methyl sites for hydroxylation is 2. The Labute approximate surface area is 181 Å². The molecule has 10 nitrogen and oxygen atoms in total. The summed E-state index contributed by atoms with van der Waals surface area (Å²) in [5.41, 5.74) is 2.45. The number of carbonyl (C=O) groups excluding carboxylic acids is 1. The van der Waals surface area contributed by atoms with Crippen molar-refractivity contribution in [1.82, 2.24) is 33.1 Å². The van der Waals surface area contributed by atoms with E-state index in [2.05, 4.69) is 15.1 Å². The maximum atomic E-state index is 12.9. The molecule has 0 N–H and O–H groups in total. The van der Waals surface area contributed by atoms with Crippen molar-refractivity contribution in [2.75, 3.05) is 45.5 Å². The van der Waals surface area contributed by atoms with Gasteiger partial charge in [0.05, 0.1) is 6.42 Å². The average molecular weight is 456 g/mol. The number of amides is 1. The van der Waals surface area contributed by atoms with Gasteiger partial charge in [-0.3, -0.25) is 4.79 Å². The Morgan fingerprint density at radius 1 is 1.10 bits per heavy atom. The van der Waals surface area contributed by atoms with Crippen molar-refractivity contribution in [3.63, 3.8) is 0 Å². The molecular formula is C18H29N7O3S2. The molecule has 0 atom stereocenters. The first-order valence-electron chi connectivity index (χ1n) is 10.0. The SMILES string of the molecule is CCN(CC)S(=O)(=O)N1CCN(C(=O)Cc2c(C)nc3nc(SC)nn3c2C)CC1. The number of hydrogen-bond acceptors (Lipinski definition) is 7. The summed E-state index contributed by atoms with van der Waals surface area (Å²) in [6.45, 7) is 9.69. The van der Waals surface area contributed by atoms with Gasteiger partial charge in [0.1, 0.15) is 0 Å². The molecule has 12 heteroatoms. The maximum Gasteiger partial charge on any atom is 0.282 e. The minimum atomic E-state index is -3.47. The lowest BCUT2D eigenvalue weighted by Gasteiger charge is -2.36. The normalized spacial score (nSPS) is 16.0. The van der Waals surface area contributed by atoms with E-state index in [0.717, 1.165) is 17.0 Å². The number of fused-ring (bicyclic) bond motifs is 1. The molecule has 2 aromatic rings. The molecule has 0 bridgehead atoms. The Bertz CT molecular complexity index is 1030. The standard InChI is InChI=1S/C18H29N7O3S2/c1-6-23(7-2)30(27,28)24-10-8-22(9-11-24)16(26)12-15-13(3)19-17-20-18(29-5)21-25(17)14(15)4/h6-12H2,1-5H3. The molecule has 1 fully saturated rings. The van der Waals surface area contributed by atoms with Crippen molar-refractivity contribution in [2.24, 2.45) is 0 Å². The van der Waals surface area contributed by atoms with E-state index in [-0.39, 0.29) is 12.3 Å². The third-order valence-corrected chi connectivity index (χ3v) is 8.21. The maximum absolute atomic E-state index is 12.9. The molecule has 1 amide bonds. The Kier molecular flexibility index (Phi) is 7.00. The van der Waals surface area contributed by atoms with Crippen LogP contribution in [0.15, 0.2) is 5.16 Å². The first-order valence-corrected chi connectivity index (χ1v) is 12.6. The van der Waals surface area contributed by atoms with Gasteiger partial charge in [0.25, 0.3) is 16.0 Å². The molecule has 2 aromatic heterocycles. The van der Waals surface area contributed by atoms with Crippen molar-refractivity contribution in [3.8, 4) is 0 Å². The third kappa shape index (κ3) is 4.32. The number of carbonyl (C=O) groups is 1. The van der Waals surface area contributed by atoms with Crippen LogP contribution in [0.1, 0.15) is 30.8 Å². The minimum Gasteiger partial charge on any atom is -0.340 e. The van der Waals surface area contributed by atoms with E-state index in [1.54, 1.807) is 9.42 Å². The smallest absolute Gasteiger partial charge is 0.282 e.